The third-order valence-corrected chi connectivity index (χ3v) is 3.40. The monoisotopic (exact) mass is 326 g/mol. The van der Waals surface area contributed by atoms with E-state index in [1.54, 1.807) is 18.3 Å². The van der Waals surface area contributed by atoms with Gasteiger partial charge in [-0.25, -0.2) is 5.43 Å². The normalized spacial score (nSPS) is 12.4. The van der Waals surface area contributed by atoms with Crippen molar-refractivity contribution in [1.29, 1.82) is 0 Å². The summed E-state index contributed by atoms with van der Waals surface area (Å²) >= 11 is 0. The molecule has 2 aromatic rings. The molecule has 0 unspecified atom stereocenters. The zero-order valence-electron chi connectivity index (χ0n) is 13.3. The Balaban J connectivity index is 1.51. The van der Waals surface area contributed by atoms with Crippen molar-refractivity contribution in [2.24, 2.45) is 5.10 Å². The highest BCUT2D eigenvalue weighted by Crippen LogP contribution is 2.32. The van der Waals surface area contributed by atoms with Crippen LogP contribution in [0.3, 0.4) is 0 Å². The molecule has 0 aliphatic carbocycles. The number of rotatable bonds is 6. The minimum atomic E-state index is -0.198. The average Bonchev–Trinajstić information content (AvgIpc) is 3.04. The van der Waals surface area contributed by atoms with E-state index < -0.39 is 0 Å². The molecule has 0 fully saturated rings. The van der Waals surface area contributed by atoms with E-state index >= 15 is 0 Å². The van der Waals surface area contributed by atoms with Gasteiger partial charge in [0, 0.05) is 0 Å². The second-order valence-electron chi connectivity index (χ2n) is 5.16. The van der Waals surface area contributed by atoms with Crippen molar-refractivity contribution in [3.8, 4) is 17.2 Å². The molecule has 0 saturated carbocycles. The Labute approximate surface area is 140 Å². The van der Waals surface area contributed by atoms with E-state index in [0.29, 0.717) is 18.1 Å². The Morgan fingerprint density at radius 3 is 2.79 bits per heavy atom. The zero-order chi connectivity index (χ0) is 16.8. The van der Waals surface area contributed by atoms with Gasteiger partial charge in [-0.15, -0.1) is 0 Å². The molecule has 1 N–H and O–H groups in total. The maximum absolute atomic E-state index is 11.9. The number of ether oxygens (including phenoxy) is 3. The fourth-order valence-corrected chi connectivity index (χ4v) is 2.27. The highest BCUT2D eigenvalue weighted by Gasteiger charge is 2.14. The molecule has 1 amide bonds. The molecule has 0 spiro atoms. The van der Waals surface area contributed by atoms with Gasteiger partial charge >= 0.3 is 0 Å². The van der Waals surface area contributed by atoms with Crippen LogP contribution in [0.2, 0.25) is 0 Å². The lowest BCUT2D eigenvalue weighted by atomic mass is 10.1. The van der Waals surface area contributed by atoms with Crippen LogP contribution in [-0.2, 0) is 11.2 Å². The molecule has 1 heterocycles. The number of benzene rings is 2. The molecule has 3 rings (SSSR count). The first-order chi connectivity index (χ1) is 11.7. The summed E-state index contributed by atoms with van der Waals surface area (Å²) in [6.45, 7) is 2.78. The first-order valence-electron chi connectivity index (χ1n) is 7.68. The molecule has 0 radical (unpaired) electrons. The lowest BCUT2D eigenvalue weighted by Crippen LogP contribution is -2.19. The highest BCUT2D eigenvalue weighted by atomic mass is 16.7. The van der Waals surface area contributed by atoms with Crippen LogP contribution in [0, 0.1) is 0 Å². The minimum Gasteiger partial charge on any atom is -0.494 e. The third-order valence-electron chi connectivity index (χ3n) is 3.40. The van der Waals surface area contributed by atoms with E-state index in [4.69, 9.17) is 14.2 Å². The molecule has 6 heteroatoms. The number of hydrogen-bond donors (Lipinski definition) is 1. The highest BCUT2D eigenvalue weighted by molar-refractivity contribution is 5.83. The van der Waals surface area contributed by atoms with Crippen molar-refractivity contribution < 1.29 is 19.0 Å². The van der Waals surface area contributed by atoms with Gasteiger partial charge in [0.05, 0.1) is 19.2 Å². The standard InChI is InChI=1S/C18H18N2O4/c1-2-22-15-6-3-13(4-7-15)11-19-20-18(21)10-14-5-8-16-17(9-14)24-12-23-16/h3-9,11H,2,10,12H2,1H3,(H,20,21)/b19-11-. The molecule has 0 aromatic heterocycles. The molecule has 0 saturated heterocycles. The largest absolute Gasteiger partial charge is 0.494 e. The molecule has 6 nitrogen and oxygen atoms in total. The lowest BCUT2D eigenvalue weighted by molar-refractivity contribution is -0.120. The van der Waals surface area contributed by atoms with Crippen molar-refractivity contribution in [2.75, 3.05) is 13.4 Å². The summed E-state index contributed by atoms with van der Waals surface area (Å²) in [6.07, 6.45) is 1.81. The molecular weight excluding hydrogens is 308 g/mol. The van der Waals surface area contributed by atoms with Gasteiger partial charge in [-0.3, -0.25) is 4.79 Å². The summed E-state index contributed by atoms with van der Waals surface area (Å²) in [5.41, 5.74) is 4.23. The first kappa shape index (κ1) is 15.9. The summed E-state index contributed by atoms with van der Waals surface area (Å²) in [5, 5.41) is 3.96. The Morgan fingerprint density at radius 2 is 2.00 bits per heavy atom. The van der Waals surface area contributed by atoms with Crippen LogP contribution in [0.25, 0.3) is 0 Å². The number of carbonyl (C=O) groups excluding carboxylic acids is 1. The number of hydrogen-bond acceptors (Lipinski definition) is 5. The number of amides is 1. The average molecular weight is 326 g/mol. The molecule has 124 valence electrons. The van der Waals surface area contributed by atoms with Gasteiger partial charge in [0.15, 0.2) is 11.5 Å². The molecule has 0 bridgehead atoms. The molecule has 1 aliphatic heterocycles. The van der Waals surface area contributed by atoms with Gasteiger partial charge in [-0.1, -0.05) is 6.07 Å². The van der Waals surface area contributed by atoms with Gasteiger partial charge < -0.3 is 14.2 Å². The Morgan fingerprint density at radius 1 is 1.21 bits per heavy atom. The van der Waals surface area contributed by atoms with E-state index in [1.165, 1.54) is 0 Å². The quantitative estimate of drug-likeness (QED) is 0.654. The fraction of sp³-hybridized carbons (Fsp3) is 0.222. The van der Waals surface area contributed by atoms with Crippen molar-refractivity contribution in [2.45, 2.75) is 13.3 Å². The zero-order valence-corrected chi connectivity index (χ0v) is 13.3. The SMILES string of the molecule is CCOc1ccc(/C=N\NC(=O)Cc2ccc3c(c2)OCO3)cc1. The van der Waals surface area contributed by atoms with Gasteiger partial charge in [-0.2, -0.15) is 5.10 Å². The predicted molar refractivity (Wildman–Crippen MR) is 89.6 cm³/mol. The molecule has 24 heavy (non-hydrogen) atoms. The van der Waals surface area contributed by atoms with E-state index in [-0.39, 0.29) is 19.1 Å². The maximum atomic E-state index is 11.9. The van der Waals surface area contributed by atoms with Crippen LogP contribution in [-0.4, -0.2) is 25.5 Å². The van der Waals surface area contributed by atoms with Crippen LogP contribution in [0.5, 0.6) is 17.2 Å². The maximum Gasteiger partial charge on any atom is 0.244 e. The summed E-state index contributed by atoms with van der Waals surface area (Å²) in [7, 11) is 0. The van der Waals surface area contributed by atoms with Gasteiger partial charge in [-0.05, 0) is 54.4 Å². The van der Waals surface area contributed by atoms with Crippen LogP contribution >= 0.6 is 0 Å². The number of hydrazone groups is 1. The van der Waals surface area contributed by atoms with Crippen molar-refractivity contribution >= 4 is 12.1 Å². The van der Waals surface area contributed by atoms with Crippen LogP contribution in [0.4, 0.5) is 0 Å². The number of fused-ring (bicyclic) bond motifs is 1. The van der Waals surface area contributed by atoms with E-state index in [9.17, 15) is 4.79 Å². The molecular formula is C18H18N2O4. The second kappa shape index (κ2) is 7.50. The summed E-state index contributed by atoms with van der Waals surface area (Å²) < 4.78 is 15.9. The van der Waals surface area contributed by atoms with E-state index in [2.05, 4.69) is 10.5 Å². The Bertz CT molecular complexity index is 741. The van der Waals surface area contributed by atoms with Crippen molar-refractivity contribution in [1.82, 2.24) is 5.43 Å². The summed E-state index contributed by atoms with van der Waals surface area (Å²) in [5.74, 6) is 1.98. The van der Waals surface area contributed by atoms with E-state index in [1.807, 2.05) is 37.3 Å². The Kier molecular flexibility index (Phi) is 4.96. The Hall–Kier alpha value is -3.02. The van der Waals surface area contributed by atoms with Crippen LogP contribution in [0.15, 0.2) is 47.6 Å². The third kappa shape index (κ3) is 4.04. The van der Waals surface area contributed by atoms with Crippen molar-refractivity contribution in [3.05, 3.63) is 53.6 Å². The van der Waals surface area contributed by atoms with Gasteiger partial charge in [0.1, 0.15) is 5.75 Å². The van der Waals surface area contributed by atoms with Crippen molar-refractivity contribution in [3.63, 3.8) is 0 Å². The second-order valence-corrected chi connectivity index (χ2v) is 5.16. The molecule has 1 aliphatic rings. The number of nitrogens with zero attached hydrogens (tertiary/aromatic N) is 1. The topological polar surface area (TPSA) is 69.2 Å². The van der Waals surface area contributed by atoms with Gasteiger partial charge in [0.2, 0.25) is 12.7 Å². The minimum absolute atomic E-state index is 0.198. The number of carbonyl (C=O) groups is 1. The molecule has 0 atom stereocenters. The predicted octanol–water partition coefficient (Wildman–Crippen LogP) is 2.51. The summed E-state index contributed by atoms with van der Waals surface area (Å²) in [4.78, 5) is 11.9. The molecule has 2 aromatic carbocycles. The van der Waals surface area contributed by atoms with Crippen LogP contribution < -0.4 is 19.6 Å². The van der Waals surface area contributed by atoms with Gasteiger partial charge in [0.25, 0.3) is 0 Å². The lowest BCUT2D eigenvalue weighted by Gasteiger charge is -2.03. The van der Waals surface area contributed by atoms with E-state index in [0.717, 1.165) is 16.9 Å². The smallest absolute Gasteiger partial charge is 0.244 e. The first-order valence-corrected chi connectivity index (χ1v) is 7.68. The summed E-state index contributed by atoms with van der Waals surface area (Å²) in [6, 6.07) is 12.9. The fourth-order valence-electron chi connectivity index (χ4n) is 2.27. The van der Waals surface area contributed by atoms with Crippen LogP contribution in [0.1, 0.15) is 18.1 Å². The number of nitrogens with one attached hydrogen (secondary N) is 1.